The van der Waals surface area contributed by atoms with Gasteiger partial charge in [-0.2, -0.15) is 9.40 Å². The summed E-state index contributed by atoms with van der Waals surface area (Å²) in [5.74, 6) is -0.339. The highest BCUT2D eigenvalue weighted by Gasteiger charge is 2.27. The van der Waals surface area contributed by atoms with Crippen LogP contribution in [0.5, 0.6) is 0 Å². The standard InChI is InChI=1S/C21H30N6O5S/c1-3-24(4-2)20-9-8-18(33(31,32)26-11-6-5-7-12-26)14-19(20)23-21(28)10-13-25-16-17(15-22-25)27(29)30/h8-9,14-16H,3-7,10-13H2,1-2H3,(H,23,28). The summed E-state index contributed by atoms with van der Waals surface area (Å²) in [7, 11) is -3.65. The van der Waals surface area contributed by atoms with Gasteiger partial charge in [0.25, 0.3) is 0 Å². The Morgan fingerprint density at radius 1 is 1.21 bits per heavy atom. The predicted octanol–water partition coefficient (Wildman–Crippen LogP) is 2.84. The van der Waals surface area contributed by atoms with E-state index in [1.54, 1.807) is 12.1 Å². The lowest BCUT2D eigenvalue weighted by atomic mass is 10.2. The zero-order valence-corrected chi connectivity index (χ0v) is 19.8. The molecule has 0 unspecified atom stereocenters. The van der Waals surface area contributed by atoms with Crippen molar-refractivity contribution in [2.45, 2.75) is 51.0 Å². The third-order valence-corrected chi connectivity index (χ3v) is 7.59. The van der Waals surface area contributed by atoms with Crippen LogP contribution in [0.1, 0.15) is 39.5 Å². The minimum absolute atomic E-state index is 0.0274. The summed E-state index contributed by atoms with van der Waals surface area (Å²) in [6.45, 7) is 6.50. The lowest BCUT2D eigenvalue weighted by Crippen LogP contribution is -2.35. The van der Waals surface area contributed by atoms with Crippen molar-refractivity contribution in [2.24, 2.45) is 0 Å². The van der Waals surface area contributed by atoms with Gasteiger partial charge in [-0.25, -0.2) is 8.42 Å². The number of sulfonamides is 1. The van der Waals surface area contributed by atoms with Crippen LogP contribution in [-0.2, 0) is 21.4 Å². The Balaban J connectivity index is 1.81. The number of aryl methyl sites for hydroxylation is 1. The quantitative estimate of drug-likeness (QED) is 0.410. The first-order chi connectivity index (χ1) is 15.8. The van der Waals surface area contributed by atoms with E-state index in [1.165, 1.54) is 21.3 Å². The van der Waals surface area contributed by atoms with Crippen molar-refractivity contribution in [1.29, 1.82) is 0 Å². The number of aromatic nitrogens is 2. The predicted molar refractivity (Wildman–Crippen MR) is 125 cm³/mol. The molecule has 0 bridgehead atoms. The van der Waals surface area contributed by atoms with Crippen molar-refractivity contribution in [2.75, 3.05) is 36.4 Å². The highest BCUT2D eigenvalue weighted by atomic mass is 32.2. The van der Waals surface area contributed by atoms with Gasteiger partial charge in [-0.05, 0) is 44.9 Å². The zero-order valence-electron chi connectivity index (χ0n) is 18.9. The molecule has 1 aliphatic heterocycles. The Hall–Kier alpha value is -2.99. The van der Waals surface area contributed by atoms with Gasteiger partial charge in [-0.1, -0.05) is 6.42 Å². The fourth-order valence-electron chi connectivity index (χ4n) is 3.87. The molecule has 180 valence electrons. The number of amides is 1. The summed E-state index contributed by atoms with van der Waals surface area (Å²) in [5, 5.41) is 17.5. The molecule has 0 radical (unpaired) electrons. The first-order valence-electron chi connectivity index (χ1n) is 11.1. The van der Waals surface area contributed by atoms with Crippen molar-refractivity contribution in [3.8, 4) is 0 Å². The molecular formula is C21H30N6O5S. The highest BCUT2D eigenvalue weighted by Crippen LogP contribution is 2.31. The van der Waals surface area contributed by atoms with Gasteiger partial charge in [0.05, 0.1) is 21.2 Å². The summed E-state index contributed by atoms with van der Waals surface area (Å²) < 4.78 is 29.1. The van der Waals surface area contributed by atoms with E-state index >= 15 is 0 Å². The van der Waals surface area contributed by atoms with Gasteiger partial charge in [-0.3, -0.25) is 19.6 Å². The molecule has 1 aromatic carbocycles. The maximum atomic E-state index is 13.1. The van der Waals surface area contributed by atoms with Crippen LogP contribution in [0.2, 0.25) is 0 Å². The van der Waals surface area contributed by atoms with Gasteiger partial charge >= 0.3 is 5.69 Å². The number of anilines is 2. The number of carbonyl (C=O) groups is 1. The van der Waals surface area contributed by atoms with Crippen LogP contribution in [-0.4, -0.2) is 59.5 Å². The molecule has 1 amide bonds. The molecule has 33 heavy (non-hydrogen) atoms. The molecule has 1 aromatic heterocycles. The van der Waals surface area contributed by atoms with E-state index in [2.05, 4.69) is 10.4 Å². The fraction of sp³-hybridized carbons (Fsp3) is 0.524. The van der Waals surface area contributed by atoms with E-state index in [0.29, 0.717) is 31.9 Å². The molecule has 11 nitrogen and oxygen atoms in total. The molecule has 1 saturated heterocycles. The smallest absolute Gasteiger partial charge is 0.306 e. The first-order valence-corrected chi connectivity index (χ1v) is 12.6. The maximum Gasteiger partial charge on any atom is 0.306 e. The van der Waals surface area contributed by atoms with E-state index in [4.69, 9.17) is 0 Å². The number of hydrogen-bond donors (Lipinski definition) is 1. The lowest BCUT2D eigenvalue weighted by molar-refractivity contribution is -0.385. The Labute approximate surface area is 193 Å². The van der Waals surface area contributed by atoms with Gasteiger partial charge in [0, 0.05) is 39.1 Å². The van der Waals surface area contributed by atoms with Crippen LogP contribution in [0.25, 0.3) is 0 Å². The van der Waals surface area contributed by atoms with E-state index in [9.17, 15) is 23.3 Å². The summed E-state index contributed by atoms with van der Waals surface area (Å²) in [6.07, 6.45) is 5.12. The van der Waals surface area contributed by atoms with Crippen molar-refractivity contribution >= 4 is 33.0 Å². The normalized spacial score (nSPS) is 14.7. The van der Waals surface area contributed by atoms with Gasteiger partial charge < -0.3 is 10.2 Å². The number of nitrogens with zero attached hydrogens (tertiary/aromatic N) is 5. The minimum Gasteiger partial charge on any atom is -0.370 e. The molecule has 0 aliphatic carbocycles. The molecule has 0 spiro atoms. The second-order valence-electron chi connectivity index (χ2n) is 7.83. The second kappa shape index (κ2) is 10.8. The number of nitrogens with one attached hydrogen (secondary N) is 1. The van der Waals surface area contributed by atoms with Crippen molar-refractivity contribution < 1.29 is 18.1 Å². The van der Waals surface area contributed by atoms with Crippen LogP contribution in [0.4, 0.5) is 17.1 Å². The van der Waals surface area contributed by atoms with Gasteiger partial charge in [0.1, 0.15) is 12.4 Å². The van der Waals surface area contributed by atoms with E-state index in [-0.39, 0.29) is 29.5 Å². The fourth-order valence-corrected chi connectivity index (χ4v) is 5.41. The highest BCUT2D eigenvalue weighted by molar-refractivity contribution is 7.89. The number of nitro groups is 1. The van der Waals surface area contributed by atoms with Crippen LogP contribution >= 0.6 is 0 Å². The van der Waals surface area contributed by atoms with E-state index < -0.39 is 14.9 Å². The van der Waals surface area contributed by atoms with E-state index in [0.717, 1.165) is 31.1 Å². The molecule has 2 aromatic rings. The van der Waals surface area contributed by atoms with Crippen LogP contribution in [0.3, 0.4) is 0 Å². The first kappa shape index (κ1) is 24.6. The van der Waals surface area contributed by atoms with Crippen molar-refractivity contribution in [1.82, 2.24) is 14.1 Å². The monoisotopic (exact) mass is 478 g/mol. The maximum absolute atomic E-state index is 13.1. The third-order valence-electron chi connectivity index (χ3n) is 5.70. The largest absolute Gasteiger partial charge is 0.370 e. The van der Waals surface area contributed by atoms with Crippen molar-refractivity contribution in [3.63, 3.8) is 0 Å². The summed E-state index contributed by atoms with van der Waals surface area (Å²) in [4.78, 5) is 25.1. The third kappa shape index (κ3) is 5.88. The second-order valence-corrected chi connectivity index (χ2v) is 9.77. The average Bonchev–Trinajstić information content (AvgIpc) is 3.29. The minimum atomic E-state index is -3.65. The Morgan fingerprint density at radius 2 is 1.91 bits per heavy atom. The van der Waals surface area contributed by atoms with Crippen LogP contribution in [0, 0.1) is 10.1 Å². The molecule has 0 saturated carbocycles. The Kier molecular flexibility index (Phi) is 8.03. The average molecular weight is 479 g/mol. The van der Waals surface area contributed by atoms with Crippen LogP contribution in [0.15, 0.2) is 35.5 Å². The van der Waals surface area contributed by atoms with Gasteiger partial charge in [-0.15, -0.1) is 0 Å². The Bertz CT molecular complexity index is 1090. The van der Waals surface area contributed by atoms with E-state index in [1.807, 2.05) is 18.7 Å². The summed E-state index contributed by atoms with van der Waals surface area (Å²) in [6, 6.07) is 4.85. The number of piperidine rings is 1. The number of carbonyl (C=O) groups excluding carboxylic acids is 1. The van der Waals surface area contributed by atoms with Crippen LogP contribution < -0.4 is 10.2 Å². The SMILES string of the molecule is CCN(CC)c1ccc(S(=O)(=O)N2CCCCC2)cc1NC(=O)CCn1cc([N+](=O)[O-])cn1. The van der Waals surface area contributed by atoms with Crippen molar-refractivity contribution in [3.05, 3.63) is 40.7 Å². The lowest BCUT2D eigenvalue weighted by Gasteiger charge is -2.28. The number of benzene rings is 1. The molecular weight excluding hydrogens is 448 g/mol. The Morgan fingerprint density at radius 3 is 2.52 bits per heavy atom. The molecule has 1 aliphatic rings. The molecule has 2 heterocycles. The number of hydrogen-bond acceptors (Lipinski definition) is 7. The zero-order chi connectivity index (χ0) is 24.0. The van der Waals surface area contributed by atoms with Gasteiger partial charge in [0.15, 0.2) is 0 Å². The molecule has 3 rings (SSSR count). The molecule has 0 atom stereocenters. The molecule has 12 heteroatoms. The molecule has 1 N–H and O–H groups in total. The topological polar surface area (TPSA) is 131 Å². The number of rotatable bonds is 10. The molecule has 1 fully saturated rings. The van der Waals surface area contributed by atoms with Gasteiger partial charge in [0.2, 0.25) is 15.9 Å². The summed E-state index contributed by atoms with van der Waals surface area (Å²) in [5.41, 5.74) is 1.02. The summed E-state index contributed by atoms with van der Waals surface area (Å²) >= 11 is 0.